The molecule has 3 heterocycles. The van der Waals surface area contributed by atoms with E-state index in [1.54, 1.807) is 27.7 Å². The fraction of sp³-hybridized carbons (Fsp3) is 0.857. The van der Waals surface area contributed by atoms with Gasteiger partial charge in [0.1, 0.15) is 30.5 Å². The molecule has 3 amide bonds. The maximum absolute atomic E-state index is 11.9. The Balaban J connectivity index is 1.81. The molecule has 3 saturated heterocycles. The lowest BCUT2D eigenvalue weighted by Gasteiger charge is -2.46. The molecule has 3 aliphatic heterocycles. The van der Waals surface area contributed by atoms with E-state index < -0.39 is 54.0 Å². The minimum atomic E-state index is -1.17. The van der Waals surface area contributed by atoms with Gasteiger partial charge in [0, 0.05) is 0 Å². The van der Waals surface area contributed by atoms with Gasteiger partial charge in [-0.15, -0.1) is 0 Å². The van der Waals surface area contributed by atoms with E-state index in [4.69, 9.17) is 18.9 Å². The van der Waals surface area contributed by atoms with E-state index in [1.807, 2.05) is 0 Å². The van der Waals surface area contributed by atoms with Crippen LogP contribution in [0.25, 0.3) is 0 Å². The highest BCUT2D eigenvalue weighted by Crippen LogP contribution is 2.35. The minimum Gasteiger partial charge on any atom is -0.387 e. The molecule has 0 bridgehead atoms. The van der Waals surface area contributed by atoms with E-state index in [9.17, 15) is 14.7 Å². The van der Waals surface area contributed by atoms with Gasteiger partial charge in [-0.1, -0.05) is 0 Å². The van der Waals surface area contributed by atoms with Gasteiger partial charge in [0.2, 0.25) is 0 Å². The highest BCUT2D eigenvalue weighted by molar-refractivity contribution is 6.04. The molecule has 0 aromatic heterocycles. The van der Waals surface area contributed by atoms with E-state index in [-0.39, 0.29) is 6.61 Å². The third-order valence-corrected chi connectivity index (χ3v) is 4.04. The van der Waals surface area contributed by atoms with Gasteiger partial charge >= 0.3 is 6.03 Å². The largest absolute Gasteiger partial charge is 0.387 e. The standard InChI is InChI=1S/C14H22N2O7/c1-13(2)20-5-6(21-13)9-8(17)10(23-14(3,4)22-9)7-11(18)16-12(19)15-7/h6-10,17H,5H2,1-4H3,(H2,15,16,18,19)/t6-,7+,8+,9-,10+/m1/s1. The molecule has 3 N–H and O–H groups in total. The van der Waals surface area contributed by atoms with E-state index in [0.29, 0.717) is 0 Å². The summed E-state index contributed by atoms with van der Waals surface area (Å²) in [5.74, 6) is -2.37. The topological polar surface area (TPSA) is 115 Å². The van der Waals surface area contributed by atoms with E-state index in [2.05, 4.69) is 10.6 Å². The third-order valence-electron chi connectivity index (χ3n) is 4.04. The number of ether oxygens (including phenoxy) is 4. The third kappa shape index (κ3) is 3.20. The highest BCUT2D eigenvalue weighted by atomic mass is 16.8. The summed E-state index contributed by atoms with van der Waals surface area (Å²) in [5.41, 5.74) is 0. The molecule has 0 aromatic carbocycles. The zero-order valence-corrected chi connectivity index (χ0v) is 13.5. The summed E-state index contributed by atoms with van der Waals surface area (Å²) in [4.78, 5) is 23.2. The van der Waals surface area contributed by atoms with Gasteiger partial charge in [-0.3, -0.25) is 10.1 Å². The molecule has 0 radical (unpaired) electrons. The van der Waals surface area contributed by atoms with Crippen LogP contribution in [0.3, 0.4) is 0 Å². The summed E-state index contributed by atoms with van der Waals surface area (Å²) in [5, 5.41) is 15.2. The van der Waals surface area contributed by atoms with Gasteiger partial charge in [0.05, 0.1) is 6.61 Å². The zero-order chi connectivity index (χ0) is 17.0. The smallest absolute Gasteiger partial charge is 0.322 e. The number of carbonyl (C=O) groups is 2. The number of amides is 3. The number of hydrogen-bond acceptors (Lipinski definition) is 7. The molecule has 0 spiro atoms. The van der Waals surface area contributed by atoms with Gasteiger partial charge in [0.25, 0.3) is 5.91 Å². The normalized spacial score (nSPS) is 42.4. The maximum atomic E-state index is 11.9. The van der Waals surface area contributed by atoms with Crippen LogP contribution in [-0.2, 0) is 23.7 Å². The fourth-order valence-corrected chi connectivity index (χ4v) is 3.11. The lowest BCUT2D eigenvalue weighted by Crippen LogP contribution is -2.64. The molecule has 0 saturated carbocycles. The Bertz CT molecular complexity index is 521. The van der Waals surface area contributed by atoms with Crippen molar-refractivity contribution in [2.75, 3.05) is 6.61 Å². The van der Waals surface area contributed by atoms with Crippen LogP contribution in [0.1, 0.15) is 27.7 Å². The van der Waals surface area contributed by atoms with Gasteiger partial charge in [-0.2, -0.15) is 0 Å². The Morgan fingerprint density at radius 3 is 2.22 bits per heavy atom. The number of aliphatic hydroxyl groups is 1. The predicted octanol–water partition coefficient (Wildman–Crippen LogP) is -0.773. The van der Waals surface area contributed by atoms with Gasteiger partial charge < -0.3 is 29.4 Å². The van der Waals surface area contributed by atoms with Crippen molar-refractivity contribution in [1.82, 2.24) is 10.6 Å². The summed E-state index contributed by atoms with van der Waals surface area (Å²) in [6.45, 7) is 7.14. The van der Waals surface area contributed by atoms with Gasteiger partial charge in [0.15, 0.2) is 11.6 Å². The molecule has 0 aromatic rings. The lowest BCUT2D eigenvalue weighted by molar-refractivity contribution is -0.348. The molecule has 23 heavy (non-hydrogen) atoms. The first-order valence-corrected chi connectivity index (χ1v) is 7.55. The van der Waals surface area contributed by atoms with E-state index in [0.717, 1.165) is 0 Å². The molecule has 3 aliphatic rings. The monoisotopic (exact) mass is 330 g/mol. The Kier molecular flexibility index (Phi) is 3.88. The Hall–Kier alpha value is -1.26. The highest BCUT2D eigenvalue weighted by Gasteiger charge is 2.54. The molecule has 9 nitrogen and oxygen atoms in total. The second kappa shape index (κ2) is 5.38. The van der Waals surface area contributed by atoms with Crippen LogP contribution in [-0.4, -0.2) is 65.7 Å². The first kappa shape index (κ1) is 16.6. The first-order chi connectivity index (χ1) is 10.6. The van der Waals surface area contributed by atoms with E-state index in [1.165, 1.54) is 0 Å². The van der Waals surface area contributed by atoms with Gasteiger partial charge in [-0.05, 0) is 27.7 Å². The van der Waals surface area contributed by atoms with Crippen LogP contribution in [0.4, 0.5) is 4.79 Å². The van der Waals surface area contributed by atoms with Crippen molar-refractivity contribution < 1.29 is 33.6 Å². The number of carbonyl (C=O) groups excluding carboxylic acids is 2. The minimum absolute atomic E-state index is 0.251. The molecular weight excluding hydrogens is 308 g/mol. The van der Waals surface area contributed by atoms with Crippen molar-refractivity contribution in [2.24, 2.45) is 0 Å². The molecular formula is C14H22N2O7. The number of hydrogen-bond donors (Lipinski definition) is 3. The number of rotatable bonds is 2. The number of imide groups is 1. The number of nitrogens with one attached hydrogen (secondary N) is 2. The molecule has 130 valence electrons. The summed E-state index contributed by atoms with van der Waals surface area (Å²) in [6.07, 6.45) is -3.39. The molecule has 3 fully saturated rings. The van der Waals surface area contributed by atoms with Crippen LogP contribution in [0.5, 0.6) is 0 Å². The quantitative estimate of drug-likeness (QED) is 0.569. The van der Waals surface area contributed by atoms with Crippen molar-refractivity contribution in [3.05, 3.63) is 0 Å². The van der Waals surface area contributed by atoms with E-state index >= 15 is 0 Å². The molecule has 0 aliphatic carbocycles. The van der Waals surface area contributed by atoms with Gasteiger partial charge in [-0.25, -0.2) is 4.79 Å². The van der Waals surface area contributed by atoms with Crippen LogP contribution in [0.15, 0.2) is 0 Å². The molecule has 9 heteroatoms. The molecule has 5 atom stereocenters. The second-order valence-corrected chi connectivity index (χ2v) is 6.86. The number of aliphatic hydroxyl groups excluding tert-OH is 1. The first-order valence-electron chi connectivity index (χ1n) is 7.55. The fourth-order valence-electron chi connectivity index (χ4n) is 3.11. The van der Waals surface area contributed by atoms with Crippen molar-refractivity contribution in [2.45, 2.75) is 69.7 Å². The Labute approximate surface area is 133 Å². The van der Waals surface area contributed by atoms with Crippen LogP contribution >= 0.6 is 0 Å². The average Bonchev–Trinajstić information content (AvgIpc) is 2.94. The second-order valence-electron chi connectivity index (χ2n) is 6.86. The Morgan fingerprint density at radius 2 is 1.70 bits per heavy atom. The van der Waals surface area contributed by atoms with Crippen molar-refractivity contribution in [3.8, 4) is 0 Å². The summed E-state index contributed by atoms with van der Waals surface area (Å²) < 4.78 is 22.8. The van der Waals surface area contributed by atoms with Crippen LogP contribution in [0, 0.1) is 0 Å². The summed E-state index contributed by atoms with van der Waals surface area (Å²) in [6, 6.07) is -1.60. The van der Waals surface area contributed by atoms with Crippen LogP contribution in [0.2, 0.25) is 0 Å². The Morgan fingerprint density at radius 1 is 1.04 bits per heavy atom. The van der Waals surface area contributed by atoms with Crippen molar-refractivity contribution >= 4 is 11.9 Å². The summed E-state index contributed by atoms with van der Waals surface area (Å²) >= 11 is 0. The molecule has 0 unspecified atom stereocenters. The van der Waals surface area contributed by atoms with Crippen LogP contribution < -0.4 is 10.6 Å². The molecule has 3 rings (SSSR count). The lowest BCUT2D eigenvalue weighted by atomic mass is 9.95. The average molecular weight is 330 g/mol. The van der Waals surface area contributed by atoms with Crippen molar-refractivity contribution in [3.63, 3.8) is 0 Å². The zero-order valence-electron chi connectivity index (χ0n) is 13.5. The van der Waals surface area contributed by atoms with Crippen molar-refractivity contribution in [1.29, 1.82) is 0 Å². The number of urea groups is 1. The summed E-state index contributed by atoms with van der Waals surface area (Å²) in [7, 11) is 0. The predicted molar refractivity (Wildman–Crippen MR) is 75.2 cm³/mol. The maximum Gasteiger partial charge on any atom is 0.322 e. The SMILES string of the molecule is CC1(C)O[C@@H]([C@@H]2NC(=O)NC2=O)[C@@H](O)[C@@H]([C@H]2COC(C)(C)O2)O1.